The van der Waals surface area contributed by atoms with Crippen LogP contribution in [0.3, 0.4) is 0 Å². The number of halogens is 1. The topological polar surface area (TPSA) is 117 Å². The summed E-state index contributed by atoms with van der Waals surface area (Å²) in [6.45, 7) is 1.12. The van der Waals surface area contributed by atoms with Gasteiger partial charge in [-0.05, 0) is 36.4 Å². The van der Waals surface area contributed by atoms with Gasteiger partial charge in [-0.1, -0.05) is 41.6 Å². The third-order valence-electron chi connectivity index (χ3n) is 4.40. The number of anilines is 3. The molecule has 2 aromatic carbocycles. The molecule has 0 unspecified atom stereocenters. The fourth-order valence-corrected chi connectivity index (χ4v) is 3.88. The van der Waals surface area contributed by atoms with Crippen LogP contribution in [0.5, 0.6) is 0 Å². The average molecular weight is 469 g/mol. The molecule has 32 heavy (non-hydrogen) atoms. The lowest BCUT2D eigenvalue weighted by Gasteiger charge is -2.10. The van der Waals surface area contributed by atoms with Crippen molar-refractivity contribution in [3.63, 3.8) is 0 Å². The predicted octanol–water partition coefficient (Wildman–Crippen LogP) is 4.05. The van der Waals surface area contributed by atoms with Crippen molar-refractivity contribution >= 4 is 40.9 Å². The lowest BCUT2D eigenvalue weighted by Crippen LogP contribution is -2.09. The summed E-state index contributed by atoms with van der Waals surface area (Å²) in [7, 11) is 1.66. The first-order valence-corrected chi connectivity index (χ1v) is 11.1. The molecule has 164 valence electrons. The van der Waals surface area contributed by atoms with Crippen molar-refractivity contribution in [1.29, 1.82) is 0 Å². The van der Waals surface area contributed by atoms with Crippen molar-refractivity contribution < 1.29 is 4.74 Å². The molecule has 0 aliphatic rings. The van der Waals surface area contributed by atoms with E-state index in [1.807, 2.05) is 59.2 Å². The third-order valence-corrected chi connectivity index (χ3v) is 5.61. The maximum Gasteiger partial charge on any atom is 0.232 e. The second-order valence-electron chi connectivity index (χ2n) is 6.67. The Bertz CT molecular complexity index is 1170. The minimum atomic E-state index is 0.150. The molecule has 4 aromatic rings. The summed E-state index contributed by atoms with van der Waals surface area (Å²) in [5, 5.41) is 13.3. The number of benzene rings is 2. The molecule has 0 aliphatic heterocycles. The van der Waals surface area contributed by atoms with E-state index in [-0.39, 0.29) is 5.95 Å². The highest BCUT2D eigenvalue weighted by Gasteiger charge is 2.16. The highest BCUT2D eigenvalue weighted by molar-refractivity contribution is 7.98. The largest absolute Gasteiger partial charge is 0.383 e. The molecular formula is C21H21ClN8OS. The number of hydrogen-bond donors (Lipinski definition) is 2. The number of aromatic nitrogens is 6. The number of ether oxygens (including phenoxy) is 1. The van der Waals surface area contributed by atoms with Crippen LogP contribution in [-0.2, 0) is 17.0 Å². The van der Waals surface area contributed by atoms with E-state index in [1.165, 1.54) is 11.8 Å². The monoisotopic (exact) mass is 468 g/mol. The maximum atomic E-state index is 6.02. The molecule has 0 atom stereocenters. The van der Waals surface area contributed by atoms with Crippen LogP contribution < -0.4 is 11.1 Å². The Morgan fingerprint density at radius 3 is 2.56 bits per heavy atom. The summed E-state index contributed by atoms with van der Waals surface area (Å²) in [5.74, 6) is 2.26. The summed E-state index contributed by atoms with van der Waals surface area (Å²) in [6, 6.07) is 17.1. The first kappa shape index (κ1) is 22.0. The molecule has 11 heteroatoms. The first-order valence-electron chi connectivity index (χ1n) is 9.76. The van der Waals surface area contributed by atoms with E-state index in [9.17, 15) is 0 Å². The number of nitrogens with one attached hydrogen (secondary N) is 1. The van der Waals surface area contributed by atoms with Gasteiger partial charge in [0, 0.05) is 23.4 Å². The highest BCUT2D eigenvalue weighted by Crippen LogP contribution is 2.27. The number of nitrogen functional groups attached to an aromatic ring is 1. The maximum absolute atomic E-state index is 6.02. The third kappa shape index (κ3) is 5.52. The standard InChI is InChI=1S/C21H21ClN8OS/c1-31-12-11-30-18(14-7-9-15(22)10-8-14)28-29-21(30)32-13-17-25-19(23)27-20(26-17)24-16-5-3-2-4-6-16/h2-10H,11-13H2,1H3,(H3,23,24,25,26,27). The molecule has 4 rings (SSSR count). The Balaban J connectivity index is 1.53. The normalized spacial score (nSPS) is 10.9. The van der Waals surface area contributed by atoms with Gasteiger partial charge in [0.15, 0.2) is 11.0 Å². The Labute approximate surface area is 194 Å². The highest BCUT2D eigenvalue weighted by atomic mass is 35.5. The van der Waals surface area contributed by atoms with Crippen LogP contribution in [0.25, 0.3) is 11.4 Å². The van der Waals surface area contributed by atoms with E-state index in [1.54, 1.807) is 7.11 Å². The van der Waals surface area contributed by atoms with Crippen molar-refractivity contribution in [2.24, 2.45) is 0 Å². The van der Waals surface area contributed by atoms with Gasteiger partial charge >= 0.3 is 0 Å². The molecule has 0 radical (unpaired) electrons. The van der Waals surface area contributed by atoms with Crippen LogP contribution in [0.2, 0.25) is 5.02 Å². The van der Waals surface area contributed by atoms with Gasteiger partial charge in [0.2, 0.25) is 11.9 Å². The first-order chi connectivity index (χ1) is 15.6. The predicted molar refractivity (Wildman–Crippen MR) is 126 cm³/mol. The zero-order valence-electron chi connectivity index (χ0n) is 17.3. The van der Waals surface area contributed by atoms with E-state index < -0.39 is 0 Å². The summed E-state index contributed by atoms with van der Waals surface area (Å²) < 4.78 is 7.27. The molecule has 0 spiro atoms. The molecule has 0 aliphatic carbocycles. The number of nitrogens with zero attached hydrogens (tertiary/aromatic N) is 6. The van der Waals surface area contributed by atoms with Crippen molar-refractivity contribution in [3.05, 3.63) is 65.4 Å². The summed E-state index contributed by atoms with van der Waals surface area (Å²) >= 11 is 7.49. The van der Waals surface area contributed by atoms with E-state index in [2.05, 4.69) is 30.5 Å². The minimum Gasteiger partial charge on any atom is -0.383 e. The fourth-order valence-electron chi connectivity index (χ4n) is 2.93. The number of thioether (sulfide) groups is 1. The van der Waals surface area contributed by atoms with Crippen molar-refractivity contribution in [1.82, 2.24) is 29.7 Å². The van der Waals surface area contributed by atoms with Crippen LogP contribution in [0, 0.1) is 0 Å². The molecule has 2 aromatic heterocycles. The van der Waals surface area contributed by atoms with Crippen LogP contribution in [0.4, 0.5) is 17.6 Å². The van der Waals surface area contributed by atoms with E-state index in [0.29, 0.717) is 35.7 Å². The molecule has 0 saturated carbocycles. The quantitative estimate of drug-likeness (QED) is 0.351. The van der Waals surface area contributed by atoms with Crippen molar-refractivity contribution in [3.8, 4) is 11.4 Å². The molecule has 0 saturated heterocycles. The van der Waals surface area contributed by atoms with Crippen molar-refractivity contribution in [2.75, 3.05) is 24.8 Å². The Morgan fingerprint density at radius 2 is 1.81 bits per heavy atom. The zero-order valence-corrected chi connectivity index (χ0v) is 18.8. The summed E-state index contributed by atoms with van der Waals surface area (Å²) in [4.78, 5) is 12.9. The number of hydrogen-bond acceptors (Lipinski definition) is 9. The fraction of sp³-hybridized carbons (Fsp3) is 0.190. The minimum absolute atomic E-state index is 0.150. The van der Waals surface area contributed by atoms with Crippen LogP contribution >= 0.6 is 23.4 Å². The Kier molecular flexibility index (Phi) is 7.15. The van der Waals surface area contributed by atoms with E-state index >= 15 is 0 Å². The zero-order chi connectivity index (χ0) is 22.3. The number of methoxy groups -OCH3 is 1. The van der Waals surface area contributed by atoms with Crippen molar-refractivity contribution in [2.45, 2.75) is 17.5 Å². The van der Waals surface area contributed by atoms with Gasteiger partial charge in [-0.15, -0.1) is 10.2 Å². The van der Waals surface area contributed by atoms with Gasteiger partial charge in [0.1, 0.15) is 5.82 Å². The molecule has 0 amide bonds. The second-order valence-corrected chi connectivity index (χ2v) is 8.05. The number of rotatable bonds is 9. The summed E-state index contributed by atoms with van der Waals surface area (Å²) in [5.41, 5.74) is 7.68. The van der Waals surface area contributed by atoms with Crippen LogP contribution in [-0.4, -0.2) is 43.4 Å². The smallest absolute Gasteiger partial charge is 0.232 e. The number of para-hydroxylation sites is 1. The van der Waals surface area contributed by atoms with Gasteiger partial charge in [-0.2, -0.15) is 15.0 Å². The van der Waals surface area contributed by atoms with E-state index in [0.717, 1.165) is 22.2 Å². The Hall–Kier alpha value is -3.21. The SMILES string of the molecule is COCCn1c(SCc2nc(N)nc(Nc3ccccc3)n2)nnc1-c1ccc(Cl)cc1. The van der Waals surface area contributed by atoms with Gasteiger partial charge < -0.3 is 15.8 Å². The Morgan fingerprint density at radius 1 is 1.03 bits per heavy atom. The van der Waals surface area contributed by atoms with E-state index in [4.69, 9.17) is 22.1 Å². The van der Waals surface area contributed by atoms with Gasteiger partial charge in [-0.25, -0.2) is 0 Å². The van der Waals surface area contributed by atoms with Crippen LogP contribution in [0.15, 0.2) is 59.8 Å². The average Bonchev–Trinajstić information content (AvgIpc) is 3.20. The number of nitrogens with two attached hydrogens (primary N) is 1. The molecule has 0 bridgehead atoms. The second kappa shape index (κ2) is 10.4. The van der Waals surface area contributed by atoms with Crippen LogP contribution in [0.1, 0.15) is 5.82 Å². The molecule has 9 nitrogen and oxygen atoms in total. The van der Waals surface area contributed by atoms with Gasteiger partial charge in [-0.3, -0.25) is 4.57 Å². The van der Waals surface area contributed by atoms with Gasteiger partial charge in [0.05, 0.1) is 18.9 Å². The summed E-state index contributed by atoms with van der Waals surface area (Å²) in [6.07, 6.45) is 0. The lowest BCUT2D eigenvalue weighted by atomic mass is 10.2. The molecule has 2 heterocycles. The van der Waals surface area contributed by atoms with Gasteiger partial charge in [0.25, 0.3) is 0 Å². The molecule has 0 fully saturated rings. The molecule has 3 N–H and O–H groups in total. The molecular weight excluding hydrogens is 448 g/mol. The lowest BCUT2D eigenvalue weighted by molar-refractivity contribution is 0.185.